The van der Waals surface area contributed by atoms with Gasteiger partial charge in [-0.2, -0.15) is 5.26 Å². The Kier molecular flexibility index (Phi) is 10.9. The fraction of sp³-hybridized carbons (Fsp3) is 0.458. The minimum atomic E-state index is 0.0266. The molecular formula is C24H33N3OS. The summed E-state index contributed by atoms with van der Waals surface area (Å²) in [7, 11) is 0. The zero-order chi connectivity index (χ0) is 21.8. The Balaban J connectivity index is 0.00000204. The number of hydrogen-bond donors (Lipinski definition) is 0. The standard InChI is InChI=1S/C22H27N3OS.C2H6/c1-6-8-16(4)9-7-10-17(5)21-24-25-22(27-21)18-11-12-20(26-15(2)3)19(13-18)14-23;1-2/h7,9-13,15,17H,6,8H2,1-5H3;1-2H3/b10-7-,16-9-;. The number of nitrogens with zero attached hydrogens (tertiary/aromatic N) is 3. The van der Waals surface area contributed by atoms with Gasteiger partial charge in [-0.3, -0.25) is 0 Å². The van der Waals surface area contributed by atoms with Crippen molar-refractivity contribution in [3.8, 4) is 22.4 Å². The maximum Gasteiger partial charge on any atom is 0.147 e. The maximum atomic E-state index is 9.40. The second-order valence-corrected chi connectivity index (χ2v) is 7.88. The monoisotopic (exact) mass is 411 g/mol. The average Bonchev–Trinajstić information content (AvgIpc) is 3.20. The molecule has 29 heavy (non-hydrogen) atoms. The van der Waals surface area contributed by atoms with Crippen molar-refractivity contribution in [3.63, 3.8) is 0 Å². The highest BCUT2D eigenvalue weighted by Gasteiger charge is 2.13. The van der Waals surface area contributed by atoms with E-state index in [1.54, 1.807) is 11.3 Å². The van der Waals surface area contributed by atoms with Gasteiger partial charge in [0.25, 0.3) is 0 Å². The summed E-state index contributed by atoms with van der Waals surface area (Å²) in [6, 6.07) is 7.79. The van der Waals surface area contributed by atoms with Gasteiger partial charge in [0.15, 0.2) is 0 Å². The zero-order valence-corrected chi connectivity index (χ0v) is 19.5. The van der Waals surface area contributed by atoms with Crippen molar-refractivity contribution in [3.05, 3.63) is 52.6 Å². The Morgan fingerprint density at radius 2 is 1.97 bits per heavy atom. The third kappa shape index (κ3) is 7.83. The van der Waals surface area contributed by atoms with Crippen molar-refractivity contribution < 1.29 is 4.74 Å². The van der Waals surface area contributed by atoms with E-state index < -0.39 is 0 Å². The van der Waals surface area contributed by atoms with Crippen molar-refractivity contribution in [1.82, 2.24) is 10.2 Å². The van der Waals surface area contributed by atoms with Gasteiger partial charge in [-0.1, -0.05) is 69.3 Å². The van der Waals surface area contributed by atoms with Crippen molar-refractivity contribution in [2.24, 2.45) is 0 Å². The Bertz CT molecular complexity index is 859. The van der Waals surface area contributed by atoms with Gasteiger partial charge in [-0.25, -0.2) is 0 Å². The Labute approximate surface area is 180 Å². The molecule has 2 rings (SSSR count). The topological polar surface area (TPSA) is 58.8 Å². The number of hydrogen-bond acceptors (Lipinski definition) is 5. The normalized spacial score (nSPS) is 12.4. The van der Waals surface area contributed by atoms with E-state index in [1.165, 1.54) is 5.57 Å². The zero-order valence-electron chi connectivity index (χ0n) is 18.7. The van der Waals surface area contributed by atoms with E-state index in [2.05, 4.69) is 55.3 Å². The fourth-order valence-electron chi connectivity index (χ4n) is 2.59. The SMILES string of the molecule is CC.CCC/C(C)=C\C=C/C(C)c1nnc(-c2ccc(OC(C)C)c(C#N)c2)s1. The van der Waals surface area contributed by atoms with Crippen LogP contribution in [0.3, 0.4) is 0 Å². The summed E-state index contributed by atoms with van der Waals surface area (Å²) in [5, 5.41) is 19.8. The minimum absolute atomic E-state index is 0.0266. The predicted octanol–water partition coefficient (Wildman–Crippen LogP) is 7.30. The fourth-order valence-corrected chi connectivity index (χ4v) is 3.46. The van der Waals surface area contributed by atoms with Crippen LogP contribution in [0.2, 0.25) is 0 Å². The van der Waals surface area contributed by atoms with Crippen LogP contribution in [-0.2, 0) is 0 Å². The van der Waals surface area contributed by atoms with Crippen LogP contribution < -0.4 is 4.74 Å². The first-order valence-corrected chi connectivity index (χ1v) is 11.1. The largest absolute Gasteiger partial charge is 0.490 e. The molecule has 4 nitrogen and oxygen atoms in total. The molecule has 0 radical (unpaired) electrons. The molecule has 2 aromatic rings. The molecule has 0 aliphatic rings. The molecule has 1 heterocycles. The summed E-state index contributed by atoms with van der Waals surface area (Å²) in [6.45, 7) is 14.3. The van der Waals surface area contributed by atoms with E-state index in [0.717, 1.165) is 28.4 Å². The predicted molar refractivity (Wildman–Crippen MR) is 123 cm³/mol. The molecule has 1 aromatic heterocycles. The van der Waals surface area contributed by atoms with E-state index in [9.17, 15) is 5.26 Å². The lowest BCUT2D eigenvalue weighted by Crippen LogP contribution is -2.06. The highest BCUT2D eigenvalue weighted by molar-refractivity contribution is 7.14. The van der Waals surface area contributed by atoms with Gasteiger partial charge in [-0.15, -0.1) is 10.2 Å². The molecule has 5 heteroatoms. The van der Waals surface area contributed by atoms with E-state index in [4.69, 9.17) is 4.74 Å². The molecule has 156 valence electrons. The summed E-state index contributed by atoms with van der Waals surface area (Å²) in [6.07, 6.45) is 8.72. The third-order valence-corrected chi connectivity index (χ3v) is 5.14. The van der Waals surface area contributed by atoms with Gasteiger partial charge < -0.3 is 4.74 Å². The molecule has 0 amide bonds. The molecule has 0 bridgehead atoms. The highest BCUT2D eigenvalue weighted by Crippen LogP contribution is 2.31. The molecule has 0 fully saturated rings. The number of rotatable bonds is 8. The van der Waals surface area contributed by atoms with Crippen LogP contribution in [0.1, 0.15) is 77.8 Å². The van der Waals surface area contributed by atoms with Gasteiger partial charge in [-0.05, 0) is 45.4 Å². The van der Waals surface area contributed by atoms with E-state index in [0.29, 0.717) is 11.3 Å². The quantitative estimate of drug-likeness (QED) is 0.428. The maximum absolute atomic E-state index is 9.40. The van der Waals surface area contributed by atoms with E-state index >= 15 is 0 Å². The van der Waals surface area contributed by atoms with Crippen molar-refractivity contribution in [1.29, 1.82) is 5.26 Å². The molecule has 0 aliphatic carbocycles. The summed E-state index contributed by atoms with van der Waals surface area (Å²) in [5.74, 6) is 0.799. The first-order valence-electron chi connectivity index (χ1n) is 10.3. The van der Waals surface area contributed by atoms with Crippen LogP contribution in [0.5, 0.6) is 5.75 Å². The molecule has 1 unspecified atom stereocenters. The first kappa shape index (κ1) is 24.6. The summed E-state index contributed by atoms with van der Waals surface area (Å²) < 4.78 is 5.68. The van der Waals surface area contributed by atoms with Crippen molar-refractivity contribution in [2.75, 3.05) is 0 Å². The van der Waals surface area contributed by atoms with Gasteiger partial charge in [0.1, 0.15) is 21.8 Å². The van der Waals surface area contributed by atoms with Gasteiger partial charge >= 0.3 is 0 Å². The number of benzene rings is 1. The van der Waals surface area contributed by atoms with Gasteiger partial charge in [0, 0.05) is 11.5 Å². The lowest BCUT2D eigenvalue weighted by atomic mass is 10.1. The van der Waals surface area contributed by atoms with Crippen LogP contribution >= 0.6 is 11.3 Å². The average molecular weight is 412 g/mol. The smallest absolute Gasteiger partial charge is 0.147 e. The number of ether oxygens (including phenoxy) is 1. The molecule has 1 aromatic carbocycles. The Morgan fingerprint density at radius 1 is 1.24 bits per heavy atom. The minimum Gasteiger partial charge on any atom is -0.490 e. The molecule has 0 aliphatic heterocycles. The number of allylic oxidation sites excluding steroid dienone is 4. The number of aromatic nitrogens is 2. The lowest BCUT2D eigenvalue weighted by molar-refractivity contribution is 0.242. The molecule has 0 spiro atoms. The van der Waals surface area contributed by atoms with Crippen LogP contribution in [0.25, 0.3) is 10.6 Å². The molecule has 0 saturated carbocycles. The van der Waals surface area contributed by atoms with Gasteiger partial charge in [0.2, 0.25) is 0 Å². The molecule has 0 saturated heterocycles. The second-order valence-electron chi connectivity index (χ2n) is 6.87. The van der Waals surface area contributed by atoms with Crippen molar-refractivity contribution in [2.45, 2.75) is 73.3 Å². The Hall–Kier alpha value is -2.45. The third-order valence-electron chi connectivity index (χ3n) is 3.96. The van der Waals surface area contributed by atoms with Crippen molar-refractivity contribution >= 4 is 11.3 Å². The van der Waals surface area contributed by atoms with E-state index in [1.807, 2.05) is 45.9 Å². The van der Waals surface area contributed by atoms with Crippen LogP contribution in [0, 0.1) is 11.3 Å². The summed E-state index contributed by atoms with van der Waals surface area (Å²) >= 11 is 1.56. The van der Waals surface area contributed by atoms with Crippen LogP contribution in [-0.4, -0.2) is 16.3 Å². The number of nitriles is 1. The molecular weight excluding hydrogens is 378 g/mol. The Morgan fingerprint density at radius 3 is 2.59 bits per heavy atom. The molecule has 0 N–H and O–H groups in total. The van der Waals surface area contributed by atoms with Crippen LogP contribution in [0.4, 0.5) is 0 Å². The first-order chi connectivity index (χ1) is 13.9. The second kappa shape index (κ2) is 12.9. The van der Waals surface area contributed by atoms with Crippen LogP contribution in [0.15, 0.2) is 42.0 Å². The molecule has 1 atom stereocenters. The summed E-state index contributed by atoms with van der Waals surface area (Å²) in [4.78, 5) is 0. The lowest BCUT2D eigenvalue weighted by Gasteiger charge is -2.11. The van der Waals surface area contributed by atoms with E-state index in [-0.39, 0.29) is 12.0 Å². The van der Waals surface area contributed by atoms with Gasteiger partial charge in [0.05, 0.1) is 11.7 Å². The highest BCUT2D eigenvalue weighted by atomic mass is 32.1. The summed E-state index contributed by atoms with van der Waals surface area (Å²) in [5.41, 5.74) is 2.79.